The van der Waals surface area contributed by atoms with Crippen LogP contribution in [0.5, 0.6) is 0 Å². The highest BCUT2D eigenvalue weighted by Gasteiger charge is 2.34. The van der Waals surface area contributed by atoms with E-state index in [2.05, 4.69) is 59.0 Å². The van der Waals surface area contributed by atoms with Crippen LogP contribution in [0.4, 0.5) is 0 Å². The fourth-order valence-electron chi connectivity index (χ4n) is 4.17. The van der Waals surface area contributed by atoms with Crippen molar-refractivity contribution in [1.29, 1.82) is 0 Å². The molecule has 112 valence electrons. The number of halogens is 2. The first kappa shape index (κ1) is 16.8. The third kappa shape index (κ3) is 5.00. The summed E-state index contributed by atoms with van der Waals surface area (Å²) in [5.74, 6) is 3.92. The highest BCUT2D eigenvalue weighted by molar-refractivity contribution is 14.1. The van der Waals surface area contributed by atoms with Crippen LogP contribution in [0.1, 0.15) is 71.6 Å². The Balaban J connectivity index is 1.93. The smallest absolute Gasteiger partial charge is 0.0259 e. The van der Waals surface area contributed by atoms with Gasteiger partial charge in [-0.05, 0) is 49.4 Å². The third-order valence-corrected chi connectivity index (χ3v) is 10.4. The standard InChI is InChI=1S/C17H30I2/c1-12-8-9-13(2)11-15(10-12)17(19)16(18)14-6-4-3-5-7-14/h12-17H,3-11H2,1-2H3/t12-,13?,15?,16?,17+/m0/s1. The predicted molar refractivity (Wildman–Crippen MR) is 102 cm³/mol. The first-order valence-corrected chi connectivity index (χ1v) is 10.8. The molecule has 0 N–H and O–H groups in total. The Morgan fingerprint density at radius 2 is 1.16 bits per heavy atom. The van der Waals surface area contributed by atoms with Gasteiger partial charge in [0.25, 0.3) is 0 Å². The summed E-state index contributed by atoms with van der Waals surface area (Å²) < 4.78 is 1.82. The largest absolute Gasteiger partial charge is 0.0812 e. The van der Waals surface area contributed by atoms with Gasteiger partial charge in [-0.1, -0.05) is 91.1 Å². The van der Waals surface area contributed by atoms with Gasteiger partial charge in [-0.25, -0.2) is 0 Å². The zero-order valence-corrected chi connectivity index (χ0v) is 16.9. The second kappa shape index (κ2) is 8.19. The first-order valence-electron chi connectivity index (χ1n) is 8.36. The minimum atomic E-state index is 0.907. The highest BCUT2D eigenvalue weighted by atomic mass is 127. The Kier molecular flexibility index (Phi) is 7.25. The van der Waals surface area contributed by atoms with Crippen LogP contribution < -0.4 is 0 Å². The van der Waals surface area contributed by atoms with Crippen molar-refractivity contribution < 1.29 is 0 Å². The summed E-state index contributed by atoms with van der Waals surface area (Å²) in [6, 6.07) is 0. The van der Waals surface area contributed by atoms with Gasteiger partial charge in [0.05, 0.1) is 0 Å². The van der Waals surface area contributed by atoms with Crippen molar-refractivity contribution in [2.45, 2.75) is 79.5 Å². The van der Waals surface area contributed by atoms with Crippen LogP contribution in [-0.2, 0) is 0 Å². The molecule has 0 aliphatic heterocycles. The van der Waals surface area contributed by atoms with Crippen molar-refractivity contribution in [3.05, 3.63) is 0 Å². The molecule has 0 amide bonds. The van der Waals surface area contributed by atoms with Gasteiger partial charge in [0.15, 0.2) is 0 Å². The number of hydrogen-bond donors (Lipinski definition) is 0. The topological polar surface area (TPSA) is 0 Å². The van der Waals surface area contributed by atoms with E-state index in [0.717, 1.165) is 31.5 Å². The van der Waals surface area contributed by atoms with Gasteiger partial charge in [-0.15, -0.1) is 0 Å². The quantitative estimate of drug-likeness (QED) is 0.238. The maximum atomic E-state index is 2.82. The molecule has 2 rings (SSSR count). The molecule has 5 atom stereocenters. The van der Waals surface area contributed by atoms with Crippen LogP contribution in [0, 0.1) is 23.7 Å². The molecule has 0 heterocycles. The number of hydrogen-bond acceptors (Lipinski definition) is 0. The maximum Gasteiger partial charge on any atom is 0.0259 e. The number of rotatable bonds is 3. The zero-order valence-electron chi connectivity index (χ0n) is 12.6. The van der Waals surface area contributed by atoms with Crippen molar-refractivity contribution in [1.82, 2.24) is 0 Å². The van der Waals surface area contributed by atoms with Gasteiger partial charge >= 0.3 is 0 Å². The van der Waals surface area contributed by atoms with Crippen LogP contribution in [0.25, 0.3) is 0 Å². The lowest BCUT2D eigenvalue weighted by atomic mass is 9.81. The van der Waals surface area contributed by atoms with Gasteiger partial charge in [0.2, 0.25) is 0 Å². The summed E-state index contributed by atoms with van der Waals surface area (Å²) in [6.45, 7) is 4.97. The Bertz CT molecular complexity index is 248. The maximum absolute atomic E-state index is 2.82. The van der Waals surface area contributed by atoms with Crippen LogP contribution in [0.15, 0.2) is 0 Å². The van der Waals surface area contributed by atoms with E-state index in [4.69, 9.17) is 0 Å². The average molecular weight is 488 g/mol. The minimum absolute atomic E-state index is 0.907. The second-order valence-corrected chi connectivity index (χ2v) is 10.2. The molecule has 0 saturated heterocycles. The Labute approximate surface area is 147 Å². The van der Waals surface area contributed by atoms with Crippen molar-refractivity contribution >= 4 is 45.2 Å². The van der Waals surface area contributed by atoms with Gasteiger partial charge in [0, 0.05) is 7.85 Å². The lowest BCUT2D eigenvalue weighted by Gasteiger charge is -2.34. The van der Waals surface area contributed by atoms with Crippen LogP contribution in [0.2, 0.25) is 0 Å². The van der Waals surface area contributed by atoms with E-state index in [1.807, 2.05) is 0 Å². The summed E-state index contributed by atoms with van der Waals surface area (Å²) in [5, 5.41) is 0. The van der Waals surface area contributed by atoms with E-state index in [-0.39, 0.29) is 0 Å². The molecule has 2 saturated carbocycles. The van der Waals surface area contributed by atoms with Crippen LogP contribution in [-0.4, -0.2) is 7.85 Å². The molecule has 0 bridgehead atoms. The third-order valence-electron chi connectivity index (χ3n) is 5.42. The molecule has 19 heavy (non-hydrogen) atoms. The first-order chi connectivity index (χ1) is 9.08. The summed E-state index contributed by atoms with van der Waals surface area (Å²) in [6.07, 6.45) is 13.4. The van der Waals surface area contributed by atoms with Crippen LogP contribution in [0.3, 0.4) is 0 Å². The van der Waals surface area contributed by atoms with Crippen molar-refractivity contribution in [3.63, 3.8) is 0 Å². The fourth-order valence-corrected chi connectivity index (χ4v) is 6.65. The Hall–Kier alpha value is 1.46. The molecule has 0 aromatic heterocycles. The molecule has 0 spiro atoms. The van der Waals surface area contributed by atoms with Crippen molar-refractivity contribution in [2.24, 2.45) is 23.7 Å². The summed E-state index contributed by atoms with van der Waals surface area (Å²) in [4.78, 5) is 0. The van der Waals surface area contributed by atoms with E-state index >= 15 is 0 Å². The molecule has 2 aliphatic rings. The molecular formula is C17H30I2. The second-order valence-electron chi connectivity index (χ2n) is 7.31. The van der Waals surface area contributed by atoms with E-state index in [1.54, 1.807) is 0 Å². The van der Waals surface area contributed by atoms with E-state index < -0.39 is 0 Å². The minimum Gasteiger partial charge on any atom is -0.0812 e. The molecule has 2 fully saturated rings. The summed E-state index contributed by atoms with van der Waals surface area (Å²) in [7, 11) is 0. The van der Waals surface area contributed by atoms with E-state index in [1.165, 1.54) is 57.8 Å². The normalized spacial score (nSPS) is 37.6. The fraction of sp³-hybridized carbons (Fsp3) is 1.00. The van der Waals surface area contributed by atoms with Gasteiger partial charge in [0.1, 0.15) is 0 Å². The average Bonchev–Trinajstić information content (AvgIpc) is 2.60. The lowest BCUT2D eigenvalue weighted by molar-refractivity contribution is 0.307. The molecule has 2 aliphatic carbocycles. The Morgan fingerprint density at radius 3 is 1.68 bits per heavy atom. The lowest BCUT2D eigenvalue weighted by Crippen LogP contribution is -2.32. The molecule has 0 radical (unpaired) electrons. The molecule has 0 nitrogen and oxygen atoms in total. The molecule has 3 unspecified atom stereocenters. The van der Waals surface area contributed by atoms with Gasteiger partial charge < -0.3 is 0 Å². The predicted octanol–water partition coefficient (Wildman–Crippen LogP) is 6.64. The highest BCUT2D eigenvalue weighted by Crippen LogP contribution is 2.42. The van der Waals surface area contributed by atoms with Gasteiger partial charge in [-0.3, -0.25) is 0 Å². The SMILES string of the molecule is CC1CC[C@H](C)CC([C@@H](I)C(I)C2CCCCC2)C1. The van der Waals surface area contributed by atoms with Crippen molar-refractivity contribution in [2.75, 3.05) is 0 Å². The summed E-state index contributed by atoms with van der Waals surface area (Å²) >= 11 is 5.63. The molecule has 0 aromatic carbocycles. The van der Waals surface area contributed by atoms with Gasteiger partial charge in [-0.2, -0.15) is 0 Å². The molecule has 2 heteroatoms. The van der Waals surface area contributed by atoms with Crippen LogP contribution >= 0.6 is 45.2 Å². The number of alkyl halides is 2. The zero-order chi connectivity index (χ0) is 13.8. The molecule has 0 aromatic rings. The summed E-state index contributed by atoms with van der Waals surface area (Å²) in [5.41, 5.74) is 0. The molecular weight excluding hydrogens is 458 g/mol. The van der Waals surface area contributed by atoms with E-state index in [0.29, 0.717) is 0 Å². The Morgan fingerprint density at radius 1 is 0.684 bits per heavy atom. The monoisotopic (exact) mass is 488 g/mol. The van der Waals surface area contributed by atoms with Crippen molar-refractivity contribution in [3.8, 4) is 0 Å². The van der Waals surface area contributed by atoms with E-state index in [9.17, 15) is 0 Å².